The Morgan fingerprint density at radius 2 is 2.06 bits per heavy atom. The van der Waals surface area contributed by atoms with Crippen LogP contribution in [0.25, 0.3) is 0 Å². The van der Waals surface area contributed by atoms with E-state index in [-0.39, 0.29) is 11.3 Å². The van der Waals surface area contributed by atoms with Gasteiger partial charge in [0.25, 0.3) is 5.91 Å². The van der Waals surface area contributed by atoms with Gasteiger partial charge in [0.2, 0.25) is 0 Å². The highest BCUT2D eigenvalue weighted by Gasteiger charge is 2.28. The molecule has 3 heteroatoms. The maximum absolute atomic E-state index is 12.3. The van der Waals surface area contributed by atoms with Crippen molar-refractivity contribution in [3.05, 3.63) is 35.4 Å². The zero-order valence-corrected chi connectivity index (χ0v) is 12.0. The molecule has 92 valence electrons. The van der Waals surface area contributed by atoms with Crippen molar-refractivity contribution in [1.82, 2.24) is 4.90 Å². The fourth-order valence-electron chi connectivity index (χ4n) is 2.18. The third kappa shape index (κ3) is 2.71. The average Bonchev–Trinajstić information content (AvgIpc) is 2.33. The van der Waals surface area contributed by atoms with E-state index in [0.717, 1.165) is 30.4 Å². The van der Waals surface area contributed by atoms with Gasteiger partial charge in [-0.2, -0.15) is 0 Å². The van der Waals surface area contributed by atoms with Crippen molar-refractivity contribution in [1.29, 1.82) is 0 Å². The summed E-state index contributed by atoms with van der Waals surface area (Å²) in [6.07, 6.45) is 0.972. The van der Waals surface area contributed by atoms with Crippen LogP contribution in [0.1, 0.15) is 29.8 Å². The summed E-state index contributed by atoms with van der Waals surface area (Å²) in [5, 5.41) is 0.908. The minimum atomic E-state index is 0.127. The highest BCUT2D eigenvalue weighted by molar-refractivity contribution is 9.09. The fraction of sp³-hybridized carbons (Fsp3) is 0.500. The third-order valence-electron chi connectivity index (χ3n) is 3.17. The first-order chi connectivity index (χ1) is 8.03. The maximum Gasteiger partial charge on any atom is 0.254 e. The molecule has 0 saturated heterocycles. The monoisotopic (exact) mass is 295 g/mol. The molecule has 0 unspecified atom stereocenters. The zero-order chi connectivity index (χ0) is 12.5. The van der Waals surface area contributed by atoms with Crippen molar-refractivity contribution in [3.8, 4) is 0 Å². The van der Waals surface area contributed by atoms with Crippen LogP contribution in [0, 0.1) is 5.41 Å². The molecule has 1 amide bonds. The van der Waals surface area contributed by atoms with Gasteiger partial charge < -0.3 is 4.90 Å². The van der Waals surface area contributed by atoms with E-state index in [2.05, 4.69) is 35.8 Å². The molecule has 1 aromatic rings. The third-order valence-corrected chi connectivity index (χ3v) is 4.68. The molecule has 2 rings (SSSR count). The number of fused-ring (bicyclic) bond motifs is 1. The van der Waals surface area contributed by atoms with Gasteiger partial charge in [0.15, 0.2) is 0 Å². The molecule has 0 atom stereocenters. The van der Waals surface area contributed by atoms with Crippen molar-refractivity contribution in [2.45, 2.75) is 20.3 Å². The molecule has 0 bridgehead atoms. The van der Waals surface area contributed by atoms with Crippen LogP contribution in [0.5, 0.6) is 0 Å². The number of benzene rings is 1. The largest absolute Gasteiger partial charge is 0.338 e. The van der Waals surface area contributed by atoms with E-state index in [9.17, 15) is 4.79 Å². The standard InChI is InChI=1S/C14H18BrNO/c1-14(2,9-15)10-16-8-7-11-5-3-4-6-12(11)13(16)17/h3-6H,7-10H2,1-2H3. The van der Waals surface area contributed by atoms with E-state index >= 15 is 0 Å². The van der Waals surface area contributed by atoms with Crippen molar-refractivity contribution in [3.63, 3.8) is 0 Å². The number of rotatable bonds is 3. The Balaban J connectivity index is 2.18. The Kier molecular flexibility index (Phi) is 3.57. The normalized spacial score (nSPS) is 15.9. The van der Waals surface area contributed by atoms with Crippen LogP contribution in [-0.4, -0.2) is 29.2 Å². The average molecular weight is 296 g/mol. The Morgan fingerprint density at radius 3 is 2.76 bits per heavy atom. The van der Waals surface area contributed by atoms with E-state index in [1.54, 1.807) is 0 Å². The van der Waals surface area contributed by atoms with Gasteiger partial charge in [-0.05, 0) is 23.5 Å². The van der Waals surface area contributed by atoms with Gasteiger partial charge in [-0.1, -0.05) is 48.0 Å². The Labute approximate surface area is 111 Å². The Morgan fingerprint density at radius 1 is 1.35 bits per heavy atom. The smallest absolute Gasteiger partial charge is 0.254 e. The summed E-state index contributed by atoms with van der Waals surface area (Å²) in [5.41, 5.74) is 2.19. The highest BCUT2D eigenvalue weighted by atomic mass is 79.9. The van der Waals surface area contributed by atoms with Gasteiger partial charge in [0, 0.05) is 24.0 Å². The second kappa shape index (κ2) is 4.81. The molecule has 2 nitrogen and oxygen atoms in total. The number of hydrogen-bond donors (Lipinski definition) is 0. The lowest BCUT2D eigenvalue weighted by molar-refractivity contribution is 0.0682. The van der Waals surface area contributed by atoms with Crippen LogP contribution in [0.3, 0.4) is 0 Å². The van der Waals surface area contributed by atoms with Gasteiger partial charge in [-0.25, -0.2) is 0 Å². The molecule has 0 radical (unpaired) electrons. The van der Waals surface area contributed by atoms with E-state index in [0.29, 0.717) is 0 Å². The minimum Gasteiger partial charge on any atom is -0.338 e. The molecule has 0 fully saturated rings. The molecule has 0 saturated carbocycles. The van der Waals surface area contributed by atoms with E-state index < -0.39 is 0 Å². The lowest BCUT2D eigenvalue weighted by Gasteiger charge is -2.34. The Hall–Kier alpha value is -0.830. The zero-order valence-electron chi connectivity index (χ0n) is 10.4. The van der Waals surface area contributed by atoms with Crippen molar-refractivity contribution >= 4 is 21.8 Å². The lowest BCUT2D eigenvalue weighted by atomic mass is 9.93. The van der Waals surface area contributed by atoms with Crippen molar-refractivity contribution in [2.24, 2.45) is 5.41 Å². The van der Waals surface area contributed by atoms with E-state index in [1.165, 1.54) is 5.56 Å². The number of carbonyl (C=O) groups is 1. The van der Waals surface area contributed by atoms with Gasteiger partial charge in [0.1, 0.15) is 0 Å². The van der Waals surface area contributed by atoms with Crippen LogP contribution in [0.15, 0.2) is 24.3 Å². The molecule has 1 heterocycles. The SMILES string of the molecule is CC(C)(CBr)CN1CCc2ccccc2C1=O. The summed E-state index contributed by atoms with van der Waals surface area (Å²) < 4.78 is 0. The summed E-state index contributed by atoms with van der Waals surface area (Å²) >= 11 is 3.51. The van der Waals surface area contributed by atoms with Crippen LogP contribution in [0.2, 0.25) is 0 Å². The number of hydrogen-bond acceptors (Lipinski definition) is 1. The summed E-state index contributed by atoms with van der Waals surface area (Å²) in [7, 11) is 0. The molecule has 0 aliphatic carbocycles. The summed E-state index contributed by atoms with van der Waals surface area (Å²) in [6.45, 7) is 6.00. The van der Waals surface area contributed by atoms with E-state index in [4.69, 9.17) is 0 Å². The van der Waals surface area contributed by atoms with Gasteiger partial charge in [0.05, 0.1) is 0 Å². The summed E-state index contributed by atoms with van der Waals surface area (Å²) in [6, 6.07) is 7.94. The van der Waals surface area contributed by atoms with Crippen LogP contribution < -0.4 is 0 Å². The first-order valence-electron chi connectivity index (χ1n) is 5.97. The van der Waals surface area contributed by atoms with Crippen LogP contribution in [0.4, 0.5) is 0 Å². The van der Waals surface area contributed by atoms with Crippen molar-refractivity contribution < 1.29 is 4.79 Å². The minimum absolute atomic E-state index is 0.127. The van der Waals surface area contributed by atoms with E-state index in [1.807, 2.05) is 23.1 Å². The Bertz CT molecular complexity index is 428. The summed E-state index contributed by atoms with van der Waals surface area (Å²) in [4.78, 5) is 14.3. The summed E-state index contributed by atoms with van der Waals surface area (Å²) in [5.74, 6) is 0.181. The molecule has 0 spiro atoms. The predicted molar refractivity (Wildman–Crippen MR) is 73.6 cm³/mol. The molecular weight excluding hydrogens is 278 g/mol. The molecule has 1 aliphatic heterocycles. The first-order valence-corrected chi connectivity index (χ1v) is 7.09. The number of amides is 1. The molecule has 0 N–H and O–H groups in total. The fourth-order valence-corrected chi connectivity index (χ4v) is 2.36. The molecule has 17 heavy (non-hydrogen) atoms. The van der Waals surface area contributed by atoms with Gasteiger partial charge in [-0.3, -0.25) is 4.79 Å². The first kappa shape index (κ1) is 12.6. The second-order valence-corrected chi connectivity index (χ2v) is 5.99. The molecular formula is C14H18BrNO. The van der Waals surface area contributed by atoms with Gasteiger partial charge >= 0.3 is 0 Å². The number of halogens is 1. The topological polar surface area (TPSA) is 20.3 Å². The van der Waals surface area contributed by atoms with Crippen molar-refractivity contribution in [2.75, 3.05) is 18.4 Å². The number of alkyl halides is 1. The second-order valence-electron chi connectivity index (χ2n) is 5.43. The predicted octanol–water partition coefficient (Wildman–Crippen LogP) is 3.11. The van der Waals surface area contributed by atoms with Gasteiger partial charge in [-0.15, -0.1) is 0 Å². The highest BCUT2D eigenvalue weighted by Crippen LogP contribution is 2.24. The quantitative estimate of drug-likeness (QED) is 0.785. The lowest BCUT2D eigenvalue weighted by Crippen LogP contribution is -2.43. The van der Waals surface area contributed by atoms with Crippen LogP contribution >= 0.6 is 15.9 Å². The molecule has 1 aromatic carbocycles. The maximum atomic E-state index is 12.3. The number of carbonyl (C=O) groups excluding carboxylic acids is 1. The van der Waals surface area contributed by atoms with Crippen LogP contribution in [-0.2, 0) is 6.42 Å². The molecule has 0 aromatic heterocycles. The molecule has 1 aliphatic rings. The number of nitrogens with zero attached hydrogens (tertiary/aromatic N) is 1.